The van der Waals surface area contributed by atoms with Crippen molar-refractivity contribution in [3.8, 4) is 0 Å². The highest BCUT2D eigenvalue weighted by atomic mass is 16.1. The lowest BCUT2D eigenvalue weighted by Crippen LogP contribution is -2.39. The molecule has 0 saturated carbocycles. The molecule has 4 rings (SSSR count). The smallest absolute Gasteiger partial charge is 0.262 e. The molecule has 0 fully saturated rings. The normalized spacial score (nSPS) is 16.8. The second-order valence-corrected chi connectivity index (χ2v) is 5.62. The van der Waals surface area contributed by atoms with Gasteiger partial charge in [-0.2, -0.15) is 0 Å². The second kappa shape index (κ2) is 5.02. The van der Waals surface area contributed by atoms with Gasteiger partial charge in [-0.15, -0.1) is 0 Å². The molecule has 6 N–H and O–H groups in total. The number of nitrogens with zero attached hydrogens (tertiary/aromatic N) is 2. The maximum absolute atomic E-state index is 12.4. The highest BCUT2D eigenvalue weighted by Gasteiger charge is 2.29. The molecule has 1 aliphatic rings. The van der Waals surface area contributed by atoms with E-state index in [0.29, 0.717) is 28.0 Å². The number of amides is 1. The number of fused-ring (bicyclic) bond motifs is 2. The monoisotopic (exact) mass is 318 g/mol. The highest BCUT2D eigenvalue weighted by Crippen LogP contribution is 2.24. The molecule has 1 aromatic heterocycles. The van der Waals surface area contributed by atoms with E-state index in [1.54, 1.807) is 24.3 Å². The first-order chi connectivity index (χ1) is 11.5. The minimum atomic E-state index is -0.743. The molecule has 0 saturated heterocycles. The van der Waals surface area contributed by atoms with Gasteiger partial charge in [-0.05, 0) is 24.3 Å². The average molecular weight is 318 g/mol. The van der Waals surface area contributed by atoms with Crippen LogP contribution in [-0.4, -0.2) is 21.7 Å². The van der Waals surface area contributed by atoms with Crippen molar-refractivity contribution in [2.24, 2.45) is 16.5 Å². The lowest BCUT2D eigenvalue weighted by molar-refractivity contribution is -0.118. The molecule has 0 radical (unpaired) electrons. The van der Waals surface area contributed by atoms with Gasteiger partial charge in [0.25, 0.3) is 5.91 Å². The van der Waals surface area contributed by atoms with Gasteiger partial charge in [0.2, 0.25) is 0 Å². The van der Waals surface area contributed by atoms with Crippen molar-refractivity contribution in [1.82, 2.24) is 9.97 Å². The van der Waals surface area contributed by atoms with Gasteiger partial charge in [0.05, 0.1) is 16.4 Å². The number of para-hydroxylation sites is 1. The fourth-order valence-electron chi connectivity index (χ4n) is 2.88. The Hall–Kier alpha value is -3.48. The van der Waals surface area contributed by atoms with E-state index in [1.165, 1.54) is 0 Å². The van der Waals surface area contributed by atoms with Gasteiger partial charge in [0.15, 0.2) is 0 Å². The van der Waals surface area contributed by atoms with E-state index in [4.69, 9.17) is 16.9 Å². The van der Waals surface area contributed by atoms with Crippen LogP contribution in [0.3, 0.4) is 0 Å². The third-order valence-corrected chi connectivity index (χ3v) is 4.09. The van der Waals surface area contributed by atoms with Crippen LogP contribution in [-0.2, 0) is 4.79 Å². The highest BCUT2D eigenvalue weighted by molar-refractivity contribution is 5.98. The number of aromatic nitrogens is 2. The van der Waals surface area contributed by atoms with Crippen molar-refractivity contribution in [3.05, 3.63) is 64.4 Å². The largest absolute Gasteiger partial charge is 0.400 e. The molecule has 1 atom stereocenters. The number of nitrogens with one attached hydrogen (secondary N) is 2. The summed E-state index contributed by atoms with van der Waals surface area (Å²) < 4.78 is 0. The predicted octanol–water partition coefficient (Wildman–Crippen LogP) is -0.143. The summed E-state index contributed by atoms with van der Waals surface area (Å²) in [7, 11) is 0. The fourth-order valence-corrected chi connectivity index (χ4v) is 2.88. The first kappa shape index (κ1) is 14.1. The van der Waals surface area contributed by atoms with Gasteiger partial charge in [0.1, 0.15) is 17.6 Å². The van der Waals surface area contributed by atoms with Crippen molar-refractivity contribution < 1.29 is 4.79 Å². The number of rotatable bonds is 2. The Morgan fingerprint density at radius 2 is 2.00 bits per heavy atom. The van der Waals surface area contributed by atoms with Gasteiger partial charge in [-0.3, -0.25) is 10.2 Å². The molecule has 0 aliphatic carbocycles. The minimum Gasteiger partial charge on any atom is -0.400 e. The van der Waals surface area contributed by atoms with Crippen LogP contribution in [0.5, 0.6) is 0 Å². The number of aromatic amines is 1. The molecule has 0 bridgehead atoms. The lowest BCUT2D eigenvalue weighted by Gasteiger charge is -2.15. The molecule has 0 spiro atoms. The van der Waals surface area contributed by atoms with Crippen LogP contribution >= 0.6 is 0 Å². The fraction of sp³-hybridized carbons (Fsp3) is 0.0588. The van der Waals surface area contributed by atoms with Crippen molar-refractivity contribution in [2.45, 2.75) is 5.92 Å². The first-order valence-electron chi connectivity index (χ1n) is 7.36. The Morgan fingerprint density at radius 3 is 2.79 bits per heavy atom. The van der Waals surface area contributed by atoms with E-state index >= 15 is 0 Å². The summed E-state index contributed by atoms with van der Waals surface area (Å²) in [6.45, 7) is 0. The quantitative estimate of drug-likeness (QED) is 0.386. The SMILES string of the molecule is N=C(N)c1ccc2[nH]c(C3C(=O)N=c4ccccc4=C3N)nc2c1. The van der Waals surface area contributed by atoms with Crippen molar-refractivity contribution in [3.63, 3.8) is 0 Å². The zero-order valence-corrected chi connectivity index (χ0v) is 12.6. The van der Waals surface area contributed by atoms with E-state index in [1.807, 2.05) is 18.2 Å². The number of imidazole rings is 1. The predicted molar refractivity (Wildman–Crippen MR) is 89.7 cm³/mol. The zero-order chi connectivity index (χ0) is 16.8. The molecule has 2 aromatic carbocycles. The van der Waals surface area contributed by atoms with Crippen LogP contribution in [0.25, 0.3) is 16.7 Å². The summed E-state index contributed by atoms with van der Waals surface area (Å²) in [5, 5.41) is 8.82. The standard InChI is InChI=1S/C17H14N6O/c18-14-9-3-1-2-4-10(9)23-17(24)13(14)16-21-11-6-5-8(15(19)20)7-12(11)22-16/h1-7,13H,18H2,(H3,19,20)(H,21,22). The topological polar surface area (TPSA) is 134 Å². The number of hydrogen-bond donors (Lipinski definition) is 4. The molecule has 24 heavy (non-hydrogen) atoms. The number of carbonyl (C=O) groups is 1. The Labute approximate surface area is 136 Å². The van der Waals surface area contributed by atoms with Gasteiger partial charge >= 0.3 is 0 Å². The average Bonchev–Trinajstić information content (AvgIpc) is 2.97. The second-order valence-electron chi connectivity index (χ2n) is 5.62. The van der Waals surface area contributed by atoms with E-state index < -0.39 is 5.92 Å². The number of carbonyl (C=O) groups excluding carboxylic acids is 1. The molecule has 1 aliphatic heterocycles. The number of nitrogens with two attached hydrogens (primary N) is 2. The number of amidine groups is 1. The van der Waals surface area contributed by atoms with Crippen LogP contribution in [0.4, 0.5) is 0 Å². The van der Waals surface area contributed by atoms with E-state index in [9.17, 15) is 4.79 Å². The Morgan fingerprint density at radius 1 is 1.21 bits per heavy atom. The summed E-state index contributed by atoms with van der Waals surface area (Å²) in [5.41, 5.74) is 14.1. The molecular weight excluding hydrogens is 304 g/mol. The van der Waals surface area contributed by atoms with Crippen molar-refractivity contribution >= 4 is 28.5 Å². The number of nitrogen functional groups attached to an aromatic ring is 1. The maximum Gasteiger partial charge on any atom is 0.262 e. The van der Waals surface area contributed by atoms with Crippen LogP contribution < -0.4 is 22.0 Å². The molecular formula is C17H14N6O. The summed E-state index contributed by atoms with van der Waals surface area (Å²) in [6, 6.07) is 12.5. The molecule has 2 heterocycles. The Bertz CT molecular complexity index is 1130. The van der Waals surface area contributed by atoms with Gasteiger partial charge in [0, 0.05) is 16.5 Å². The zero-order valence-electron chi connectivity index (χ0n) is 12.6. The third kappa shape index (κ3) is 2.06. The third-order valence-electron chi connectivity index (χ3n) is 4.09. The van der Waals surface area contributed by atoms with E-state index in [2.05, 4.69) is 15.0 Å². The van der Waals surface area contributed by atoms with Crippen molar-refractivity contribution in [1.29, 1.82) is 5.41 Å². The summed E-state index contributed by atoms with van der Waals surface area (Å²) >= 11 is 0. The van der Waals surface area contributed by atoms with Crippen molar-refractivity contribution in [2.75, 3.05) is 0 Å². The molecule has 3 aromatic rings. The number of H-pyrrole nitrogens is 1. The summed E-state index contributed by atoms with van der Waals surface area (Å²) in [6.07, 6.45) is 0. The van der Waals surface area contributed by atoms with Gasteiger partial charge in [-0.25, -0.2) is 9.98 Å². The number of benzene rings is 2. The van der Waals surface area contributed by atoms with Crippen LogP contribution in [0.2, 0.25) is 0 Å². The minimum absolute atomic E-state index is 0.0369. The Kier molecular flexibility index (Phi) is 2.96. The van der Waals surface area contributed by atoms with Crippen LogP contribution in [0.15, 0.2) is 47.5 Å². The Balaban J connectivity index is 1.90. The first-order valence-corrected chi connectivity index (χ1v) is 7.36. The van der Waals surface area contributed by atoms with E-state index in [0.717, 1.165) is 10.7 Å². The number of hydrogen-bond acceptors (Lipinski definition) is 4. The summed E-state index contributed by atoms with van der Waals surface area (Å²) in [4.78, 5) is 24.1. The van der Waals surface area contributed by atoms with Crippen LogP contribution in [0, 0.1) is 5.41 Å². The lowest BCUT2D eigenvalue weighted by atomic mass is 9.99. The maximum atomic E-state index is 12.4. The van der Waals surface area contributed by atoms with E-state index in [-0.39, 0.29) is 11.7 Å². The molecule has 7 nitrogen and oxygen atoms in total. The van der Waals surface area contributed by atoms with Crippen LogP contribution in [0.1, 0.15) is 17.3 Å². The molecule has 1 amide bonds. The van der Waals surface area contributed by atoms with Gasteiger partial charge < -0.3 is 16.5 Å². The molecule has 1 unspecified atom stereocenters. The van der Waals surface area contributed by atoms with Gasteiger partial charge in [-0.1, -0.05) is 18.2 Å². The summed E-state index contributed by atoms with van der Waals surface area (Å²) in [5.74, 6) is -0.693. The molecule has 7 heteroatoms. The molecule has 118 valence electrons.